The van der Waals surface area contributed by atoms with Crippen LogP contribution in [0.25, 0.3) is 0 Å². The Balaban J connectivity index is 0.00000400. The zero-order valence-electron chi connectivity index (χ0n) is 13.4. The normalized spacial score (nSPS) is 12.0. The molecule has 0 saturated carbocycles. The Hall–Kier alpha value is -0.510. The SMILES string of the molecule is CCNC(=NCC(C)(C)SC)NCCc1nc(C)no1.I. The van der Waals surface area contributed by atoms with Gasteiger partial charge in [0.15, 0.2) is 11.8 Å². The molecular weight excluding hydrogens is 401 g/mol. The van der Waals surface area contributed by atoms with Gasteiger partial charge in [0.05, 0.1) is 6.54 Å². The van der Waals surface area contributed by atoms with Crippen molar-refractivity contribution in [1.29, 1.82) is 0 Å². The van der Waals surface area contributed by atoms with Gasteiger partial charge in [0.2, 0.25) is 5.89 Å². The van der Waals surface area contributed by atoms with Gasteiger partial charge in [-0.05, 0) is 34.0 Å². The van der Waals surface area contributed by atoms with Crippen molar-refractivity contribution in [2.24, 2.45) is 4.99 Å². The summed E-state index contributed by atoms with van der Waals surface area (Å²) in [4.78, 5) is 8.77. The number of rotatable bonds is 7. The quantitative estimate of drug-likeness (QED) is 0.395. The molecule has 1 aromatic heterocycles. The highest BCUT2D eigenvalue weighted by molar-refractivity contribution is 14.0. The summed E-state index contributed by atoms with van der Waals surface area (Å²) in [5, 5.41) is 10.3. The van der Waals surface area contributed by atoms with Gasteiger partial charge in [0, 0.05) is 24.3 Å². The highest BCUT2D eigenvalue weighted by Gasteiger charge is 2.15. The van der Waals surface area contributed by atoms with E-state index in [2.05, 4.69) is 52.8 Å². The highest BCUT2D eigenvalue weighted by atomic mass is 127. The minimum Gasteiger partial charge on any atom is -0.357 e. The molecule has 0 aliphatic heterocycles. The van der Waals surface area contributed by atoms with Crippen molar-refractivity contribution in [3.63, 3.8) is 0 Å². The van der Waals surface area contributed by atoms with Crippen molar-refractivity contribution >= 4 is 41.7 Å². The Kier molecular flexibility index (Phi) is 10.0. The molecule has 8 heteroatoms. The third kappa shape index (κ3) is 8.50. The summed E-state index contributed by atoms with van der Waals surface area (Å²) >= 11 is 1.81. The van der Waals surface area contributed by atoms with E-state index in [1.54, 1.807) is 0 Å². The third-order valence-corrected chi connectivity index (χ3v) is 3.95. The molecular formula is C13H26IN5OS. The lowest BCUT2D eigenvalue weighted by molar-refractivity contribution is 0.374. The van der Waals surface area contributed by atoms with Gasteiger partial charge in [0.1, 0.15) is 0 Å². The second-order valence-electron chi connectivity index (χ2n) is 5.07. The Morgan fingerprint density at radius 1 is 1.38 bits per heavy atom. The molecule has 0 unspecified atom stereocenters. The average Bonchev–Trinajstić information content (AvgIpc) is 2.82. The fraction of sp³-hybridized carbons (Fsp3) is 0.769. The van der Waals surface area contributed by atoms with Crippen LogP contribution in [0.15, 0.2) is 9.52 Å². The zero-order valence-corrected chi connectivity index (χ0v) is 16.5. The predicted octanol–water partition coefficient (Wildman–Crippen LogP) is 2.24. The maximum absolute atomic E-state index is 5.07. The lowest BCUT2D eigenvalue weighted by Crippen LogP contribution is -2.39. The second-order valence-corrected chi connectivity index (χ2v) is 6.58. The van der Waals surface area contributed by atoms with Crippen LogP contribution in [0, 0.1) is 6.92 Å². The van der Waals surface area contributed by atoms with Crippen molar-refractivity contribution in [3.05, 3.63) is 11.7 Å². The minimum absolute atomic E-state index is 0. The van der Waals surface area contributed by atoms with Crippen LogP contribution in [0.2, 0.25) is 0 Å². The number of aryl methyl sites for hydroxylation is 1. The lowest BCUT2D eigenvalue weighted by atomic mass is 10.2. The van der Waals surface area contributed by atoms with Gasteiger partial charge in [-0.1, -0.05) is 5.16 Å². The largest absolute Gasteiger partial charge is 0.357 e. The molecule has 2 N–H and O–H groups in total. The van der Waals surface area contributed by atoms with Gasteiger partial charge >= 0.3 is 0 Å². The molecule has 0 radical (unpaired) electrons. The van der Waals surface area contributed by atoms with Crippen LogP contribution < -0.4 is 10.6 Å². The monoisotopic (exact) mass is 427 g/mol. The standard InChI is InChI=1S/C13H25N5OS.HI/c1-6-14-12(16-9-13(3,4)20-5)15-8-7-11-17-10(2)18-19-11;/h6-9H2,1-5H3,(H2,14,15,16);1H. The molecule has 21 heavy (non-hydrogen) atoms. The minimum atomic E-state index is 0. The second kappa shape index (κ2) is 10.3. The van der Waals surface area contributed by atoms with Gasteiger partial charge in [-0.2, -0.15) is 16.7 Å². The molecule has 0 fully saturated rings. The summed E-state index contributed by atoms with van der Waals surface area (Å²) in [7, 11) is 0. The van der Waals surface area contributed by atoms with Crippen molar-refractivity contribution in [2.75, 3.05) is 25.9 Å². The van der Waals surface area contributed by atoms with Crippen LogP contribution >= 0.6 is 35.7 Å². The number of hydrogen-bond donors (Lipinski definition) is 2. The Labute approximate surface area is 148 Å². The maximum atomic E-state index is 5.07. The fourth-order valence-corrected chi connectivity index (χ4v) is 1.60. The van der Waals surface area contributed by atoms with Crippen LogP contribution in [0.3, 0.4) is 0 Å². The summed E-state index contributed by atoms with van der Waals surface area (Å²) < 4.78 is 5.22. The number of guanidine groups is 1. The van der Waals surface area contributed by atoms with Crippen molar-refractivity contribution in [1.82, 2.24) is 20.8 Å². The van der Waals surface area contributed by atoms with E-state index in [0.29, 0.717) is 24.7 Å². The number of hydrogen-bond acceptors (Lipinski definition) is 5. The van der Waals surface area contributed by atoms with E-state index >= 15 is 0 Å². The van der Waals surface area contributed by atoms with Crippen molar-refractivity contribution < 1.29 is 4.52 Å². The first-order chi connectivity index (χ1) is 9.46. The molecule has 1 aromatic rings. The summed E-state index contributed by atoms with van der Waals surface area (Å²) in [6.07, 6.45) is 2.80. The van der Waals surface area contributed by atoms with Crippen LogP contribution in [0.4, 0.5) is 0 Å². The van der Waals surface area contributed by atoms with Crippen LogP contribution in [0.5, 0.6) is 0 Å². The summed E-state index contributed by atoms with van der Waals surface area (Å²) in [6.45, 7) is 10.6. The first kappa shape index (κ1) is 20.5. The first-order valence-corrected chi connectivity index (χ1v) is 8.06. The topological polar surface area (TPSA) is 75.3 Å². The number of nitrogens with zero attached hydrogens (tertiary/aromatic N) is 3. The maximum Gasteiger partial charge on any atom is 0.228 e. The van der Waals surface area contributed by atoms with E-state index in [4.69, 9.17) is 4.52 Å². The van der Waals surface area contributed by atoms with E-state index in [1.165, 1.54) is 0 Å². The highest BCUT2D eigenvalue weighted by Crippen LogP contribution is 2.20. The molecule has 0 bridgehead atoms. The number of nitrogens with one attached hydrogen (secondary N) is 2. The third-order valence-electron chi connectivity index (χ3n) is 2.72. The summed E-state index contributed by atoms with van der Waals surface area (Å²) in [6, 6.07) is 0. The van der Waals surface area contributed by atoms with E-state index in [0.717, 1.165) is 19.0 Å². The predicted molar refractivity (Wildman–Crippen MR) is 99.7 cm³/mol. The molecule has 0 aliphatic carbocycles. The van der Waals surface area contributed by atoms with Gasteiger partial charge < -0.3 is 15.2 Å². The Morgan fingerprint density at radius 3 is 2.62 bits per heavy atom. The summed E-state index contributed by atoms with van der Waals surface area (Å²) in [5.74, 6) is 2.14. The molecule has 0 amide bonds. The Morgan fingerprint density at radius 2 is 2.10 bits per heavy atom. The van der Waals surface area contributed by atoms with E-state index in [1.807, 2.05) is 18.7 Å². The molecule has 0 aliphatic rings. The molecule has 0 saturated heterocycles. The molecule has 0 atom stereocenters. The lowest BCUT2D eigenvalue weighted by Gasteiger charge is -2.20. The van der Waals surface area contributed by atoms with Gasteiger partial charge in [-0.25, -0.2) is 0 Å². The molecule has 0 spiro atoms. The zero-order chi connectivity index (χ0) is 15.0. The van der Waals surface area contributed by atoms with Crippen LogP contribution in [-0.2, 0) is 6.42 Å². The summed E-state index contributed by atoms with van der Waals surface area (Å²) in [5.41, 5.74) is 0. The van der Waals surface area contributed by atoms with Crippen molar-refractivity contribution in [2.45, 2.75) is 38.9 Å². The van der Waals surface area contributed by atoms with E-state index in [-0.39, 0.29) is 28.7 Å². The average molecular weight is 427 g/mol. The van der Waals surface area contributed by atoms with Gasteiger partial charge in [0.25, 0.3) is 0 Å². The van der Waals surface area contributed by atoms with Crippen molar-refractivity contribution in [3.8, 4) is 0 Å². The fourth-order valence-electron chi connectivity index (χ4n) is 1.41. The molecule has 122 valence electrons. The van der Waals surface area contributed by atoms with E-state index < -0.39 is 0 Å². The van der Waals surface area contributed by atoms with Gasteiger partial charge in [-0.15, -0.1) is 24.0 Å². The number of aliphatic imine (C=N–C) groups is 1. The molecule has 1 rings (SSSR count). The van der Waals surface area contributed by atoms with Crippen LogP contribution in [-0.4, -0.2) is 46.7 Å². The number of aromatic nitrogens is 2. The molecule has 0 aromatic carbocycles. The number of halogens is 1. The molecule has 1 heterocycles. The molecule has 6 nitrogen and oxygen atoms in total. The first-order valence-electron chi connectivity index (χ1n) is 6.83. The van der Waals surface area contributed by atoms with Crippen LogP contribution in [0.1, 0.15) is 32.5 Å². The van der Waals surface area contributed by atoms with E-state index in [9.17, 15) is 0 Å². The Bertz CT molecular complexity index is 436. The van der Waals surface area contributed by atoms with Gasteiger partial charge in [-0.3, -0.25) is 4.99 Å². The smallest absolute Gasteiger partial charge is 0.228 e. The number of thioether (sulfide) groups is 1.